The molecule has 0 bridgehead atoms. The molecule has 0 aromatic carbocycles. The van der Waals surface area contributed by atoms with Gasteiger partial charge in [0.2, 0.25) is 0 Å². The smallest absolute Gasteiger partial charge is 0.162 e. The summed E-state index contributed by atoms with van der Waals surface area (Å²) in [4.78, 5) is 8.52. The predicted octanol–water partition coefficient (Wildman–Crippen LogP) is 2.24. The fourth-order valence-electron chi connectivity index (χ4n) is 1.78. The fraction of sp³-hybridized carbons (Fsp3) is 0.625. The third-order valence-corrected chi connectivity index (χ3v) is 3.86. The highest BCUT2D eigenvalue weighted by atomic mass is 79.9. The fourth-order valence-corrected chi connectivity index (χ4v) is 1.97. The zero-order chi connectivity index (χ0) is 18.5. The van der Waals surface area contributed by atoms with Crippen LogP contribution in [0.15, 0.2) is 16.2 Å². The zero-order valence-electron chi connectivity index (χ0n) is 15.3. The predicted molar refractivity (Wildman–Crippen MR) is 107 cm³/mol. The minimum absolute atomic E-state index is 0.521. The quantitative estimate of drug-likeness (QED) is 0.478. The zero-order valence-corrected chi connectivity index (χ0v) is 16.9. The summed E-state index contributed by atoms with van der Waals surface area (Å²) in [6.07, 6.45) is 5.03. The van der Waals surface area contributed by atoms with Gasteiger partial charge >= 0.3 is 0 Å². The molecule has 0 aliphatic carbocycles. The number of hydrogen-bond donors (Lipinski definition) is 3. The van der Waals surface area contributed by atoms with Crippen LogP contribution in [0.25, 0.3) is 5.82 Å². The van der Waals surface area contributed by atoms with E-state index in [1.165, 1.54) is 6.42 Å². The number of unbranched alkanes of at least 4 members (excludes halogenated alkanes) is 1. The molecule has 7 nitrogen and oxygen atoms in total. The van der Waals surface area contributed by atoms with Crippen molar-refractivity contribution in [3.63, 3.8) is 0 Å². The van der Waals surface area contributed by atoms with Crippen LogP contribution in [0.1, 0.15) is 39.2 Å². The summed E-state index contributed by atoms with van der Waals surface area (Å²) in [7, 11) is 2.06. The van der Waals surface area contributed by atoms with Crippen LogP contribution in [0.5, 0.6) is 0 Å². The second-order valence-corrected chi connectivity index (χ2v) is 5.76. The lowest BCUT2D eigenvalue weighted by Crippen LogP contribution is -2.25. The Balaban J connectivity index is 0.00000118. The molecule has 0 radical (unpaired) electrons. The molecule has 0 unspecified atom stereocenters. The topological polar surface area (TPSA) is 111 Å². The molecule has 1 aromatic rings. The molecule has 0 saturated carbocycles. The number of aliphatic imine (C=N–C) groups is 1. The van der Waals surface area contributed by atoms with Gasteiger partial charge in [-0.3, -0.25) is 0 Å². The van der Waals surface area contributed by atoms with Gasteiger partial charge in [-0.05, 0) is 19.8 Å². The Morgan fingerprint density at radius 3 is 2.46 bits per heavy atom. The van der Waals surface area contributed by atoms with Crippen molar-refractivity contribution in [1.82, 2.24) is 14.7 Å². The molecular formula is C16H32BrN7. The molecule has 0 fully saturated rings. The lowest BCUT2D eigenvalue weighted by atomic mass is 10.2. The Kier molecular flexibility index (Phi) is 12.2. The van der Waals surface area contributed by atoms with E-state index in [-0.39, 0.29) is 0 Å². The molecular weight excluding hydrogens is 370 g/mol. The number of halogens is 1. The van der Waals surface area contributed by atoms with Gasteiger partial charge in [-0.25, -0.2) is 4.99 Å². The Labute approximate surface area is 154 Å². The van der Waals surface area contributed by atoms with Gasteiger partial charge in [0.1, 0.15) is 11.7 Å². The summed E-state index contributed by atoms with van der Waals surface area (Å²) in [6, 6.07) is 0. The summed E-state index contributed by atoms with van der Waals surface area (Å²) in [5.74, 6) is 2.30. The minimum Gasteiger partial charge on any atom is -0.383 e. The largest absolute Gasteiger partial charge is 0.383 e. The van der Waals surface area contributed by atoms with Gasteiger partial charge in [0.15, 0.2) is 5.82 Å². The molecule has 1 heterocycles. The van der Waals surface area contributed by atoms with E-state index in [0.29, 0.717) is 18.9 Å². The van der Waals surface area contributed by atoms with Crippen LogP contribution in [0, 0.1) is 0 Å². The molecule has 6 N–H and O–H groups in total. The summed E-state index contributed by atoms with van der Waals surface area (Å²) >= 11 is 3.24. The summed E-state index contributed by atoms with van der Waals surface area (Å²) in [5, 5.41) is 4.30. The first-order valence-electron chi connectivity index (χ1n) is 8.26. The first kappa shape index (κ1) is 22.6. The molecule has 1 aromatic heterocycles. The van der Waals surface area contributed by atoms with E-state index in [9.17, 15) is 0 Å². The van der Waals surface area contributed by atoms with Crippen molar-refractivity contribution in [2.75, 3.05) is 26.7 Å². The van der Waals surface area contributed by atoms with Crippen molar-refractivity contribution in [2.45, 2.75) is 40.0 Å². The van der Waals surface area contributed by atoms with Crippen molar-refractivity contribution >= 4 is 33.4 Å². The highest BCUT2D eigenvalue weighted by Gasteiger charge is 2.11. The minimum atomic E-state index is 0.521. The Morgan fingerprint density at radius 2 is 2.00 bits per heavy atom. The lowest BCUT2D eigenvalue weighted by molar-refractivity contribution is 0.482. The molecule has 0 amide bonds. The Morgan fingerprint density at radius 1 is 1.38 bits per heavy atom. The van der Waals surface area contributed by atoms with Gasteiger partial charge in [-0.15, -0.1) is 0 Å². The first-order chi connectivity index (χ1) is 11.5. The van der Waals surface area contributed by atoms with E-state index >= 15 is 0 Å². The molecule has 0 saturated heterocycles. The number of amidine groups is 1. The van der Waals surface area contributed by atoms with Gasteiger partial charge in [-0.2, -0.15) is 9.78 Å². The highest BCUT2D eigenvalue weighted by molar-refractivity contribution is 9.11. The lowest BCUT2D eigenvalue weighted by Gasteiger charge is -2.18. The highest BCUT2D eigenvalue weighted by Crippen LogP contribution is 2.22. The van der Waals surface area contributed by atoms with E-state index in [2.05, 4.69) is 46.8 Å². The average Bonchev–Trinajstić information content (AvgIpc) is 3.01. The Bertz CT molecular complexity index is 520. The van der Waals surface area contributed by atoms with Gasteiger partial charge in [0.05, 0.1) is 6.20 Å². The molecule has 0 aliphatic heterocycles. The normalized spacial score (nSPS) is 12.0. The van der Waals surface area contributed by atoms with E-state index in [1.54, 1.807) is 9.67 Å². The van der Waals surface area contributed by atoms with Crippen molar-refractivity contribution in [3.8, 4) is 0 Å². The van der Waals surface area contributed by atoms with E-state index < -0.39 is 0 Å². The number of nitrogens with two attached hydrogens (primary N) is 3. The van der Waals surface area contributed by atoms with Crippen LogP contribution in [-0.2, 0) is 6.42 Å². The number of hydrogen-bond acceptors (Lipinski definition) is 5. The van der Waals surface area contributed by atoms with E-state index in [4.69, 9.17) is 22.2 Å². The molecule has 0 aliphatic rings. The maximum atomic E-state index is 5.93. The van der Waals surface area contributed by atoms with E-state index in [0.717, 1.165) is 36.6 Å². The SMILES string of the molecule is CCCCN(C)/C(C)=N/c1c(CC)cnn1/C(N)=C/Br.NCCN. The number of aryl methyl sites for hydroxylation is 1. The summed E-state index contributed by atoms with van der Waals surface area (Å²) in [5.41, 5.74) is 16.8. The van der Waals surface area contributed by atoms with E-state index in [1.807, 2.05) is 13.1 Å². The van der Waals surface area contributed by atoms with Gasteiger partial charge in [-0.1, -0.05) is 36.2 Å². The second kappa shape index (κ2) is 13.0. The van der Waals surface area contributed by atoms with Crippen LogP contribution in [0.3, 0.4) is 0 Å². The number of nitrogens with zero attached hydrogens (tertiary/aromatic N) is 4. The van der Waals surface area contributed by atoms with Gasteiger partial charge in [0.25, 0.3) is 0 Å². The molecule has 1 rings (SSSR count). The Hall–Kier alpha value is -1.38. The number of rotatable bonds is 7. The van der Waals surface area contributed by atoms with Crippen molar-refractivity contribution in [2.24, 2.45) is 22.2 Å². The summed E-state index contributed by atoms with van der Waals surface area (Å²) in [6.45, 7) is 8.49. The molecule has 8 heteroatoms. The maximum Gasteiger partial charge on any atom is 0.162 e. The molecule has 0 atom stereocenters. The van der Waals surface area contributed by atoms with Crippen LogP contribution in [-0.4, -0.2) is 47.2 Å². The first-order valence-corrected chi connectivity index (χ1v) is 9.17. The standard InChI is InChI=1S/C14H24BrN5.C2H8N2/c1-5-7-8-19(4)11(3)18-14-12(6-2)10-17-20(14)13(16)9-15;3-1-2-4/h9-10H,5-8,16H2,1-4H3;1-4H2/b13-9+,18-11+;. The maximum absolute atomic E-state index is 5.93. The molecule has 138 valence electrons. The molecule has 24 heavy (non-hydrogen) atoms. The average molecular weight is 402 g/mol. The van der Waals surface area contributed by atoms with Crippen molar-refractivity contribution in [3.05, 3.63) is 16.7 Å². The summed E-state index contributed by atoms with van der Waals surface area (Å²) < 4.78 is 1.66. The third kappa shape index (κ3) is 7.46. The van der Waals surface area contributed by atoms with Crippen LogP contribution in [0.2, 0.25) is 0 Å². The van der Waals surface area contributed by atoms with Gasteiger partial charge < -0.3 is 22.1 Å². The van der Waals surface area contributed by atoms with Crippen molar-refractivity contribution in [1.29, 1.82) is 0 Å². The van der Waals surface area contributed by atoms with Gasteiger partial charge in [0, 0.05) is 37.2 Å². The van der Waals surface area contributed by atoms with Crippen LogP contribution < -0.4 is 17.2 Å². The number of aromatic nitrogens is 2. The third-order valence-electron chi connectivity index (χ3n) is 3.39. The molecule has 0 spiro atoms. The second-order valence-electron chi connectivity index (χ2n) is 5.30. The monoisotopic (exact) mass is 401 g/mol. The van der Waals surface area contributed by atoms with Crippen LogP contribution >= 0.6 is 15.9 Å². The van der Waals surface area contributed by atoms with Crippen LogP contribution in [0.4, 0.5) is 5.82 Å². The van der Waals surface area contributed by atoms with Crippen molar-refractivity contribution < 1.29 is 0 Å².